The van der Waals surface area contributed by atoms with Crippen LogP contribution in [0.2, 0.25) is 0 Å². The Labute approximate surface area is 139 Å². The van der Waals surface area contributed by atoms with E-state index in [2.05, 4.69) is 4.74 Å². The molecular formula is C17H24F2O5. The molecule has 0 aromatic heterocycles. The number of hydrogen-bond acceptors (Lipinski definition) is 5. The predicted molar refractivity (Wildman–Crippen MR) is 79.2 cm³/mol. The highest BCUT2D eigenvalue weighted by atomic mass is 19.3. The average molecular weight is 346 g/mol. The standard InChI is InChI=1S/C17H24F2O5/c1-15(18,19)10-24-13(20)2-3-23-14(21)16-5-11-4-12(6-16)8-17(22,7-11)9-16/h11-12,22H,2-10H2,1H3. The largest absolute Gasteiger partial charge is 0.465 e. The Morgan fingerprint density at radius 2 is 1.79 bits per heavy atom. The fraction of sp³-hybridized carbons (Fsp3) is 0.882. The van der Waals surface area contributed by atoms with E-state index in [-0.39, 0.29) is 19.0 Å². The fourth-order valence-corrected chi connectivity index (χ4v) is 5.11. The summed E-state index contributed by atoms with van der Waals surface area (Å²) in [5, 5.41) is 10.6. The third-order valence-corrected chi connectivity index (χ3v) is 5.49. The second-order valence-electron chi connectivity index (χ2n) is 8.08. The van der Waals surface area contributed by atoms with Gasteiger partial charge in [0, 0.05) is 6.92 Å². The van der Waals surface area contributed by atoms with Crippen LogP contribution in [0.1, 0.15) is 51.9 Å². The molecule has 0 saturated heterocycles. The molecule has 4 aliphatic carbocycles. The third kappa shape index (κ3) is 3.71. The molecule has 5 nitrogen and oxygen atoms in total. The van der Waals surface area contributed by atoms with Crippen LogP contribution in [-0.4, -0.2) is 41.8 Å². The van der Waals surface area contributed by atoms with Crippen molar-refractivity contribution in [2.24, 2.45) is 17.3 Å². The maximum atomic E-state index is 12.6. The van der Waals surface area contributed by atoms with Gasteiger partial charge in [-0.2, -0.15) is 0 Å². The normalized spacial score (nSPS) is 37.3. The Hall–Kier alpha value is -1.24. The van der Waals surface area contributed by atoms with Gasteiger partial charge in [0.15, 0.2) is 6.61 Å². The van der Waals surface area contributed by atoms with E-state index in [4.69, 9.17) is 4.74 Å². The Morgan fingerprint density at radius 1 is 1.17 bits per heavy atom. The molecule has 2 atom stereocenters. The van der Waals surface area contributed by atoms with Gasteiger partial charge in [0.1, 0.15) is 6.61 Å². The van der Waals surface area contributed by atoms with Gasteiger partial charge >= 0.3 is 11.9 Å². The summed E-state index contributed by atoms with van der Waals surface area (Å²) in [7, 11) is 0. The number of carbonyl (C=O) groups excluding carboxylic acids is 2. The van der Waals surface area contributed by atoms with Crippen molar-refractivity contribution in [1.29, 1.82) is 0 Å². The summed E-state index contributed by atoms with van der Waals surface area (Å²) in [5.41, 5.74) is -1.39. The number of ether oxygens (including phenoxy) is 2. The van der Waals surface area contributed by atoms with Gasteiger partial charge in [-0.1, -0.05) is 0 Å². The van der Waals surface area contributed by atoms with Crippen LogP contribution in [0.3, 0.4) is 0 Å². The van der Waals surface area contributed by atoms with Crippen LogP contribution in [-0.2, 0) is 19.1 Å². The van der Waals surface area contributed by atoms with Gasteiger partial charge < -0.3 is 14.6 Å². The molecule has 0 aliphatic heterocycles. The van der Waals surface area contributed by atoms with Crippen molar-refractivity contribution in [2.45, 2.75) is 63.4 Å². The number of esters is 2. The first-order chi connectivity index (χ1) is 11.1. The summed E-state index contributed by atoms with van der Waals surface area (Å²) >= 11 is 0. The quantitative estimate of drug-likeness (QED) is 0.748. The predicted octanol–water partition coefficient (Wildman–Crippen LogP) is 2.45. The van der Waals surface area contributed by atoms with E-state index in [1.54, 1.807) is 0 Å². The van der Waals surface area contributed by atoms with Gasteiger partial charge in [-0.25, -0.2) is 8.78 Å². The highest BCUT2D eigenvalue weighted by Gasteiger charge is 2.60. The van der Waals surface area contributed by atoms with Gasteiger partial charge in [-0.3, -0.25) is 9.59 Å². The number of aliphatic hydroxyl groups is 1. The lowest BCUT2D eigenvalue weighted by Gasteiger charge is -2.58. The average Bonchev–Trinajstić information content (AvgIpc) is 2.41. The van der Waals surface area contributed by atoms with E-state index in [1.807, 2.05) is 0 Å². The lowest BCUT2D eigenvalue weighted by atomic mass is 9.48. The molecule has 4 aliphatic rings. The zero-order valence-electron chi connectivity index (χ0n) is 13.9. The van der Waals surface area contributed by atoms with Crippen molar-refractivity contribution < 1.29 is 33.0 Å². The Balaban J connectivity index is 1.48. The molecule has 7 heteroatoms. The zero-order chi connectivity index (χ0) is 17.6. The molecule has 1 N–H and O–H groups in total. The monoisotopic (exact) mass is 346 g/mol. The first-order valence-corrected chi connectivity index (χ1v) is 8.52. The topological polar surface area (TPSA) is 72.8 Å². The SMILES string of the molecule is CC(F)(F)COC(=O)CCOC(=O)C12CC3CC(CC(O)(C3)C1)C2. The molecule has 136 valence electrons. The van der Waals surface area contributed by atoms with Gasteiger partial charge in [-0.05, 0) is 50.4 Å². The number of alkyl halides is 2. The van der Waals surface area contributed by atoms with Crippen LogP contribution >= 0.6 is 0 Å². The van der Waals surface area contributed by atoms with Crippen molar-refractivity contribution in [3.05, 3.63) is 0 Å². The first-order valence-electron chi connectivity index (χ1n) is 8.52. The molecule has 0 spiro atoms. The zero-order valence-corrected chi connectivity index (χ0v) is 13.9. The Kier molecular flexibility index (Phi) is 4.35. The molecule has 2 unspecified atom stereocenters. The highest BCUT2D eigenvalue weighted by Crippen LogP contribution is 2.61. The van der Waals surface area contributed by atoms with Crippen molar-refractivity contribution >= 4 is 11.9 Å². The Bertz CT molecular complexity index is 514. The van der Waals surface area contributed by atoms with Crippen LogP contribution < -0.4 is 0 Å². The van der Waals surface area contributed by atoms with Crippen LogP contribution in [0.5, 0.6) is 0 Å². The minimum atomic E-state index is -3.07. The highest BCUT2D eigenvalue weighted by molar-refractivity contribution is 5.78. The van der Waals surface area contributed by atoms with Crippen molar-refractivity contribution in [2.75, 3.05) is 13.2 Å². The van der Waals surface area contributed by atoms with Gasteiger partial charge in [0.25, 0.3) is 5.92 Å². The Morgan fingerprint density at radius 3 is 2.33 bits per heavy atom. The van der Waals surface area contributed by atoms with Crippen LogP contribution in [0.25, 0.3) is 0 Å². The molecule has 4 saturated carbocycles. The second kappa shape index (κ2) is 5.93. The van der Waals surface area contributed by atoms with Crippen LogP contribution in [0.15, 0.2) is 0 Å². The summed E-state index contributed by atoms with van der Waals surface area (Å²) in [6.45, 7) is -0.485. The maximum absolute atomic E-state index is 12.6. The smallest absolute Gasteiger partial charge is 0.312 e. The maximum Gasteiger partial charge on any atom is 0.312 e. The van der Waals surface area contributed by atoms with E-state index in [0.29, 0.717) is 25.2 Å². The van der Waals surface area contributed by atoms with E-state index in [1.165, 1.54) is 0 Å². The number of halogens is 2. The summed E-state index contributed by atoms with van der Waals surface area (Å²) < 4.78 is 34.9. The van der Waals surface area contributed by atoms with Gasteiger partial charge in [0.2, 0.25) is 0 Å². The van der Waals surface area contributed by atoms with Gasteiger partial charge in [0.05, 0.1) is 17.4 Å². The fourth-order valence-electron chi connectivity index (χ4n) is 5.11. The van der Waals surface area contributed by atoms with Crippen molar-refractivity contribution in [1.82, 2.24) is 0 Å². The van der Waals surface area contributed by atoms with Crippen LogP contribution in [0.4, 0.5) is 8.78 Å². The summed E-state index contributed by atoms with van der Waals surface area (Å²) in [6, 6.07) is 0. The molecule has 4 bridgehead atoms. The molecule has 4 fully saturated rings. The lowest BCUT2D eigenvalue weighted by molar-refractivity contribution is -0.196. The minimum Gasteiger partial charge on any atom is -0.465 e. The molecule has 0 radical (unpaired) electrons. The molecule has 24 heavy (non-hydrogen) atoms. The molecule has 0 aromatic rings. The lowest BCUT2D eigenvalue weighted by Crippen LogP contribution is -2.58. The van der Waals surface area contributed by atoms with E-state index in [9.17, 15) is 23.5 Å². The molecular weight excluding hydrogens is 322 g/mol. The van der Waals surface area contributed by atoms with Gasteiger partial charge in [-0.15, -0.1) is 0 Å². The third-order valence-electron chi connectivity index (χ3n) is 5.49. The summed E-state index contributed by atoms with van der Waals surface area (Å²) in [6.07, 6.45) is 4.24. The molecule has 0 heterocycles. The minimum absolute atomic E-state index is 0.178. The van der Waals surface area contributed by atoms with E-state index < -0.39 is 29.5 Å². The molecule has 0 amide bonds. The van der Waals surface area contributed by atoms with Crippen LogP contribution in [0, 0.1) is 17.3 Å². The molecule has 4 rings (SSSR count). The number of hydrogen-bond donors (Lipinski definition) is 1. The van der Waals surface area contributed by atoms with E-state index >= 15 is 0 Å². The van der Waals surface area contributed by atoms with Crippen molar-refractivity contribution in [3.8, 4) is 0 Å². The van der Waals surface area contributed by atoms with E-state index in [0.717, 1.165) is 32.1 Å². The summed E-state index contributed by atoms with van der Waals surface area (Å²) in [5.74, 6) is -3.53. The second-order valence-corrected chi connectivity index (χ2v) is 8.08. The number of rotatable bonds is 6. The number of carbonyl (C=O) groups is 2. The summed E-state index contributed by atoms with van der Waals surface area (Å²) in [4.78, 5) is 23.9. The van der Waals surface area contributed by atoms with Crippen molar-refractivity contribution in [3.63, 3.8) is 0 Å². The first kappa shape index (κ1) is 17.6. The molecule has 0 aromatic carbocycles.